The summed E-state index contributed by atoms with van der Waals surface area (Å²) in [7, 11) is 2.06. The number of halogens is 1. The Hall–Kier alpha value is -1.51. The van der Waals surface area contributed by atoms with Gasteiger partial charge in [-0.1, -0.05) is 54.9 Å². The summed E-state index contributed by atoms with van der Waals surface area (Å²) < 4.78 is 0. The van der Waals surface area contributed by atoms with Crippen LogP contribution < -0.4 is 10.6 Å². The van der Waals surface area contributed by atoms with Crippen LogP contribution >= 0.6 is 11.6 Å². The second kappa shape index (κ2) is 7.48. The van der Waals surface area contributed by atoms with Crippen molar-refractivity contribution in [2.45, 2.75) is 32.4 Å². The third-order valence-corrected chi connectivity index (χ3v) is 4.01. The average Bonchev–Trinajstić information content (AvgIpc) is 2.48. The molecule has 1 unspecified atom stereocenters. The number of hydrogen-bond acceptors (Lipinski definition) is 2. The third kappa shape index (κ3) is 4.48. The van der Waals surface area contributed by atoms with E-state index in [0.717, 1.165) is 30.1 Å². The lowest BCUT2D eigenvalue weighted by atomic mass is 10.0. The minimum atomic E-state index is 0.203. The first-order valence-electron chi connectivity index (χ1n) is 7.39. The zero-order chi connectivity index (χ0) is 15.2. The molecule has 0 aliphatic carbocycles. The predicted molar refractivity (Wildman–Crippen MR) is 92.0 cm³/mol. The molecule has 0 amide bonds. The largest absolute Gasteiger partial charge is 0.369 e. The van der Waals surface area contributed by atoms with E-state index in [9.17, 15) is 0 Å². The molecule has 0 radical (unpaired) electrons. The van der Waals surface area contributed by atoms with E-state index >= 15 is 0 Å². The normalized spacial score (nSPS) is 12.2. The Labute approximate surface area is 132 Å². The maximum atomic E-state index is 6.43. The fourth-order valence-corrected chi connectivity index (χ4v) is 2.72. The molecule has 0 aliphatic heterocycles. The maximum Gasteiger partial charge on any atom is 0.0642 e. The highest BCUT2D eigenvalue weighted by molar-refractivity contribution is 6.33. The second-order valence-electron chi connectivity index (χ2n) is 5.50. The molecule has 0 saturated heterocycles. The minimum absolute atomic E-state index is 0.203. The maximum absolute atomic E-state index is 6.43. The molecule has 2 rings (SSSR count). The summed E-state index contributed by atoms with van der Waals surface area (Å²) in [6, 6.07) is 16.8. The molecule has 0 fully saturated rings. The van der Waals surface area contributed by atoms with Crippen LogP contribution in [0.2, 0.25) is 5.02 Å². The molecular formula is C18H23ClN2. The van der Waals surface area contributed by atoms with Crippen LogP contribution in [-0.2, 0) is 13.0 Å². The number of hydrogen-bond donors (Lipinski definition) is 1. The smallest absolute Gasteiger partial charge is 0.0642 e. The van der Waals surface area contributed by atoms with Gasteiger partial charge in [-0.25, -0.2) is 0 Å². The molecule has 112 valence electrons. The van der Waals surface area contributed by atoms with Crippen LogP contribution in [0.1, 0.15) is 24.5 Å². The Morgan fingerprint density at radius 2 is 1.81 bits per heavy atom. The van der Waals surface area contributed by atoms with Gasteiger partial charge in [-0.2, -0.15) is 0 Å². The van der Waals surface area contributed by atoms with Gasteiger partial charge in [0.1, 0.15) is 0 Å². The van der Waals surface area contributed by atoms with Crippen molar-refractivity contribution in [2.24, 2.45) is 5.73 Å². The summed E-state index contributed by atoms with van der Waals surface area (Å²) in [5.41, 5.74) is 9.52. The Bertz CT molecular complexity index is 569. The van der Waals surface area contributed by atoms with Crippen molar-refractivity contribution < 1.29 is 0 Å². The molecule has 21 heavy (non-hydrogen) atoms. The zero-order valence-corrected chi connectivity index (χ0v) is 13.5. The van der Waals surface area contributed by atoms with Crippen LogP contribution in [0.15, 0.2) is 48.5 Å². The first kappa shape index (κ1) is 15.9. The van der Waals surface area contributed by atoms with Gasteiger partial charge in [0.05, 0.1) is 10.7 Å². The highest BCUT2D eigenvalue weighted by Gasteiger charge is 2.09. The van der Waals surface area contributed by atoms with Crippen molar-refractivity contribution >= 4 is 17.3 Å². The van der Waals surface area contributed by atoms with Crippen LogP contribution in [0.5, 0.6) is 0 Å². The lowest BCUT2D eigenvalue weighted by Gasteiger charge is -2.21. The van der Waals surface area contributed by atoms with Crippen molar-refractivity contribution in [3.05, 3.63) is 64.7 Å². The van der Waals surface area contributed by atoms with E-state index in [4.69, 9.17) is 17.3 Å². The monoisotopic (exact) mass is 302 g/mol. The highest BCUT2D eigenvalue weighted by atomic mass is 35.5. The Balaban J connectivity index is 2.09. The van der Waals surface area contributed by atoms with Crippen molar-refractivity contribution in [3.8, 4) is 0 Å². The molecule has 2 N–H and O–H groups in total. The van der Waals surface area contributed by atoms with Gasteiger partial charge in [-0.15, -0.1) is 0 Å². The van der Waals surface area contributed by atoms with Gasteiger partial charge in [0.25, 0.3) is 0 Å². The number of rotatable bonds is 6. The average molecular weight is 303 g/mol. The van der Waals surface area contributed by atoms with Gasteiger partial charge in [0.2, 0.25) is 0 Å². The van der Waals surface area contributed by atoms with Gasteiger partial charge < -0.3 is 10.6 Å². The van der Waals surface area contributed by atoms with Gasteiger partial charge in [-0.3, -0.25) is 0 Å². The first-order valence-corrected chi connectivity index (χ1v) is 7.77. The molecule has 0 heterocycles. The molecule has 0 bridgehead atoms. The van der Waals surface area contributed by atoms with Crippen molar-refractivity contribution in [2.75, 3.05) is 11.9 Å². The molecule has 0 aliphatic rings. The van der Waals surface area contributed by atoms with Crippen molar-refractivity contribution in [1.29, 1.82) is 0 Å². The predicted octanol–water partition coefficient (Wildman–Crippen LogP) is 4.26. The van der Waals surface area contributed by atoms with Crippen LogP contribution in [0.3, 0.4) is 0 Å². The van der Waals surface area contributed by atoms with E-state index in [1.165, 1.54) is 11.1 Å². The van der Waals surface area contributed by atoms with Crippen molar-refractivity contribution in [3.63, 3.8) is 0 Å². The van der Waals surface area contributed by atoms with Crippen LogP contribution in [0.25, 0.3) is 0 Å². The Kier molecular flexibility index (Phi) is 5.66. The summed E-state index contributed by atoms with van der Waals surface area (Å²) in [6.45, 7) is 2.95. The number of anilines is 1. The summed E-state index contributed by atoms with van der Waals surface area (Å²) in [4.78, 5) is 2.17. The standard InChI is InChI=1S/C18H23ClN2/c1-3-16(20)11-15-9-10-18(17(19)12-15)21(2)13-14-7-5-4-6-8-14/h4-10,12,16H,3,11,13,20H2,1-2H3. The van der Waals surface area contributed by atoms with Gasteiger partial charge in [-0.05, 0) is 36.1 Å². The quantitative estimate of drug-likeness (QED) is 0.864. The number of nitrogens with zero attached hydrogens (tertiary/aromatic N) is 1. The summed E-state index contributed by atoms with van der Waals surface area (Å²) >= 11 is 6.43. The van der Waals surface area contributed by atoms with E-state index < -0.39 is 0 Å². The molecule has 2 aromatic rings. The number of benzene rings is 2. The first-order chi connectivity index (χ1) is 10.1. The molecule has 0 saturated carbocycles. The molecule has 2 nitrogen and oxygen atoms in total. The van der Waals surface area contributed by atoms with Crippen LogP contribution in [0.4, 0.5) is 5.69 Å². The van der Waals surface area contributed by atoms with Gasteiger partial charge >= 0.3 is 0 Å². The fraction of sp³-hybridized carbons (Fsp3) is 0.333. The lowest BCUT2D eigenvalue weighted by Crippen LogP contribution is -2.21. The Morgan fingerprint density at radius 1 is 1.10 bits per heavy atom. The minimum Gasteiger partial charge on any atom is -0.369 e. The third-order valence-electron chi connectivity index (χ3n) is 3.71. The van der Waals surface area contributed by atoms with Crippen LogP contribution in [0, 0.1) is 0 Å². The van der Waals surface area contributed by atoms with Gasteiger partial charge in [0, 0.05) is 19.6 Å². The van der Waals surface area contributed by atoms with Gasteiger partial charge in [0.15, 0.2) is 0 Å². The molecule has 3 heteroatoms. The fourth-order valence-electron chi connectivity index (χ4n) is 2.38. The highest BCUT2D eigenvalue weighted by Crippen LogP contribution is 2.27. The second-order valence-corrected chi connectivity index (χ2v) is 5.91. The van der Waals surface area contributed by atoms with Crippen LogP contribution in [-0.4, -0.2) is 13.1 Å². The number of nitrogens with two attached hydrogens (primary N) is 1. The Morgan fingerprint density at radius 3 is 2.43 bits per heavy atom. The van der Waals surface area contributed by atoms with E-state index in [1.54, 1.807) is 0 Å². The molecule has 0 spiro atoms. The molecule has 1 atom stereocenters. The van der Waals surface area contributed by atoms with E-state index in [-0.39, 0.29) is 6.04 Å². The molecule has 0 aromatic heterocycles. The SMILES string of the molecule is CCC(N)Cc1ccc(N(C)Cc2ccccc2)c(Cl)c1. The topological polar surface area (TPSA) is 29.3 Å². The summed E-state index contributed by atoms with van der Waals surface area (Å²) in [6.07, 6.45) is 1.85. The van der Waals surface area contributed by atoms with E-state index in [2.05, 4.69) is 55.3 Å². The lowest BCUT2D eigenvalue weighted by molar-refractivity contribution is 0.646. The zero-order valence-electron chi connectivity index (χ0n) is 12.7. The molecule has 2 aromatic carbocycles. The van der Waals surface area contributed by atoms with E-state index in [0.29, 0.717) is 0 Å². The van der Waals surface area contributed by atoms with E-state index in [1.807, 2.05) is 12.1 Å². The summed E-state index contributed by atoms with van der Waals surface area (Å²) in [5.74, 6) is 0. The molecular weight excluding hydrogens is 280 g/mol. The van der Waals surface area contributed by atoms with Crippen molar-refractivity contribution in [1.82, 2.24) is 0 Å². The summed E-state index contributed by atoms with van der Waals surface area (Å²) in [5, 5.41) is 0.786.